The van der Waals surface area contributed by atoms with E-state index in [2.05, 4.69) is 6.92 Å². The average molecular weight is 230 g/mol. The Hall–Kier alpha value is -0.700. The molecule has 16 heavy (non-hydrogen) atoms. The van der Waals surface area contributed by atoms with Crippen molar-refractivity contribution in [3.8, 4) is 0 Å². The lowest BCUT2D eigenvalue weighted by Crippen LogP contribution is -2.36. The summed E-state index contributed by atoms with van der Waals surface area (Å²) in [6.07, 6.45) is 8.90. The average Bonchev–Trinajstić information content (AvgIpc) is 2.28. The molecule has 0 heterocycles. The molecule has 2 atom stereocenters. The molecule has 3 heteroatoms. The molecule has 0 N–H and O–H groups in total. The van der Waals surface area contributed by atoms with Crippen LogP contribution in [0.4, 0.5) is 8.78 Å². The van der Waals surface area contributed by atoms with Gasteiger partial charge in [-0.1, -0.05) is 44.8 Å². The fourth-order valence-electron chi connectivity index (χ4n) is 1.63. The standard InChI is InChI=1S/C13H20F2O/c1-2-3-4-5-8-11-16-13(15)10-7-6-9-12(13)14/h6-7,9-10,12H,2-5,8,11H2,1H3. The molecule has 0 fully saturated rings. The van der Waals surface area contributed by atoms with Gasteiger partial charge >= 0.3 is 0 Å². The molecule has 1 rings (SSSR count). The minimum absolute atomic E-state index is 0.277. The number of unbranched alkanes of at least 4 members (excludes halogenated alkanes) is 4. The highest BCUT2D eigenvalue weighted by Crippen LogP contribution is 2.27. The van der Waals surface area contributed by atoms with Gasteiger partial charge in [-0.2, -0.15) is 0 Å². The molecule has 0 radical (unpaired) electrons. The lowest BCUT2D eigenvalue weighted by atomic mass is 10.1. The Morgan fingerprint density at radius 2 is 1.94 bits per heavy atom. The van der Waals surface area contributed by atoms with E-state index >= 15 is 0 Å². The van der Waals surface area contributed by atoms with Crippen molar-refractivity contribution in [2.75, 3.05) is 6.61 Å². The molecule has 0 aliphatic heterocycles. The highest BCUT2D eigenvalue weighted by molar-refractivity contribution is 5.19. The van der Waals surface area contributed by atoms with Crippen molar-refractivity contribution in [3.63, 3.8) is 0 Å². The van der Waals surface area contributed by atoms with Gasteiger partial charge in [-0.05, 0) is 18.6 Å². The molecule has 1 nitrogen and oxygen atoms in total. The molecular weight excluding hydrogens is 210 g/mol. The SMILES string of the molecule is CCCCCCCOC1(F)C=CC=CC1F. The fraction of sp³-hybridized carbons (Fsp3) is 0.692. The van der Waals surface area contributed by atoms with Crippen LogP contribution in [-0.4, -0.2) is 18.6 Å². The summed E-state index contributed by atoms with van der Waals surface area (Å²) in [6.45, 7) is 2.42. The van der Waals surface area contributed by atoms with Gasteiger partial charge in [0.1, 0.15) is 0 Å². The fourth-order valence-corrected chi connectivity index (χ4v) is 1.63. The van der Waals surface area contributed by atoms with Crippen molar-refractivity contribution in [1.82, 2.24) is 0 Å². The summed E-state index contributed by atoms with van der Waals surface area (Å²) in [5.74, 6) is -2.25. The third-order valence-electron chi connectivity index (χ3n) is 2.66. The Kier molecular flexibility index (Phi) is 5.67. The minimum atomic E-state index is -2.25. The Morgan fingerprint density at radius 3 is 2.62 bits per heavy atom. The zero-order valence-corrected chi connectivity index (χ0v) is 9.79. The van der Waals surface area contributed by atoms with E-state index in [9.17, 15) is 8.78 Å². The van der Waals surface area contributed by atoms with Crippen molar-refractivity contribution in [3.05, 3.63) is 24.3 Å². The van der Waals surface area contributed by atoms with Crippen LogP contribution in [0.3, 0.4) is 0 Å². The highest BCUT2D eigenvalue weighted by Gasteiger charge is 2.37. The number of rotatable bonds is 7. The number of halogens is 2. The van der Waals surface area contributed by atoms with Crippen molar-refractivity contribution < 1.29 is 13.5 Å². The Balaban J connectivity index is 2.16. The van der Waals surface area contributed by atoms with Crippen LogP contribution < -0.4 is 0 Å². The van der Waals surface area contributed by atoms with Gasteiger partial charge in [-0.25, -0.2) is 8.78 Å². The topological polar surface area (TPSA) is 9.23 Å². The number of allylic oxidation sites excluding steroid dienone is 2. The van der Waals surface area contributed by atoms with Gasteiger partial charge in [-0.3, -0.25) is 0 Å². The van der Waals surface area contributed by atoms with E-state index < -0.39 is 12.0 Å². The van der Waals surface area contributed by atoms with E-state index in [1.165, 1.54) is 31.1 Å². The zero-order valence-electron chi connectivity index (χ0n) is 9.79. The van der Waals surface area contributed by atoms with Gasteiger partial charge in [0.25, 0.3) is 5.85 Å². The molecule has 2 unspecified atom stereocenters. The monoisotopic (exact) mass is 230 g/mol. The maximum atomic E-state index is 13.8. The summed E-state index contributed by atoms with van der Waals surface area (Å²) >= 11 is 0. The van der Waals surface area contributed by atoms with Crippen molar-refractivity contribution >= 4 is 0 Å². The van der Waals surface area contributed by atoms with E-state index in [-0.39, 0.29) is 6.61 Å². The summed E-state index contributed by atoms with van der Waals surface area (Å²) in [5, 5.41) is 0. The van der Waals surface area contributed by atoms with Crippen molar-refractivity contribution in [2.45, 2.75) is 51.1 Å². The van der Waals surface area contributed by atoms with Gasteiger partial charge in [0.2, 0.25) is 0 Å². The molecular formula is C13H20F2O. The predicted molar refractivity (Wildman–Crippen MR) is 61.7 cm³/mol. The van der Waals surface area contributed by atoms with Crippen LogP contribution in [0.5, 0.6) is 0 Å². The van der Waals surface area contributed by atoms with Gasteiger partial charge in [0.15, 0.2) is 6.17 Å². The molecule has 92 valence electrons. The number of ether oxygens (including phenoxy) is 1. The van der Waals surface area contributed by atoms with Crippen LogP contribution >= 0.6 is 0 Å². The van der Waals surface area contributed by atoms with Crippen LogP contribution in [0.25, 0.3) is 0 Å². The molecule has 0 aromatic rings. The summed E-state index contributed by atoms with van der Waals surface area (Å²) in [7, 11) is 0. The molecule has 1 aliphatic rings. The Labute approximate surface area is 96.2 Å². The molecule has 0 spiro atoms. The van der Waals surface area contributed by atoms with Crippen LogP contribution in [0.1, 0.15) is 39.0 Å². The van der Waals surface area contributed by atoms with Gasteiger partial charge in [-0.15, -0.1) is 0 Å². The molecule has 0 amide bonds. The first kappa shape index (κ1) is 13.4. The first-order valence-corrected chi connectivity index (χ1v) is 6.02. The van der Waals surface area contributed by atoms with Crippen LogP contribution in [-0.2, 0) is 4.74 Å². The van der Waals surface area contributed by atoms with E-state index in [1.807, 2.05) is 0 Å². The lowest BCUT2D eigenvalue weighted by Gasteiger charge is -2.25. The second-order valence-electron chi connectivity index (χ2n) is 4.11. The number of hydrogen-bond donors (Lipinski definition) is 0. The zero-order chi connectivity index (χ0) is 11.9. The Morgan fingerprint density at radius 1 is 1.19 bits per heavy atom. The van der Waals surface area contributed by atoms with Crippen molar-refractivity contribution in [2.24, 2.45) is 0 Å². The summed E-state index contributed by atoms with van der Waals surface area (Å²) in [4.78, 5) is 0. The molecule has 0 saturated heterocycles. The van der Waals surface area contributed by atoms with Gasteiger partial charge in [0, 0.05) is 0 Å². The maximum Gasteiger partial charge on any atom is 0.263 e. The second kappa shape index (κ2) is 6.79. The summed E-state index contributed by atoms with van der Waals surface area (Å²) < 4.78 is 32.0. The Bertz CT molecular complexity index is 250. The van der Waals surface area contributed by atoms with E-state index in [4.69, 9.17) is 4.74 Å². The largest absolute Gasteiger partial charge is 0.340 e. The smallest absolute Gasteiger partial charge is 0.263 e. The molecule has 0 saturated carbocycles. The maximum absolute atomic E-state index is 13.8. The molecule has 0 aromatic heterocycles. The third kappa shape index (κ3) is 4.05. The summed E-state index contributed by atoms with van der Waals surface area (Å²) in [6, 6.07) is 0. The van der Waals surface area contributed by atoms with Crippen LogP contribution in [0, 0.1) is 0 Å². The highest BCUT2D eigenvalue weighted by atomic mass is 19.2. The quantitative estimate of drug-likeness (QED) is 0.598. The van der Waals surface area contributed by atoms with Crippen molar-refractivity contribution in [1.29, 1.82) is 0 Å². The lowest BCUT2D eigenvalue weighted by molar-refractivity contribution is -0.141. The van der Waals surface area contributed by atoms with Crippen LogP contribution in [0.2, 0.25) is 0 Å². The van der Waals surface area contributed by atoms with Gasteiger partial charge < -0.3 is 4.74 Å². The number of alkyl halides is 2. The predicted octanol–water partition coefficient (Wildman–Crippen LogP) is 4.10. The molecule has 0 aromatic carbocycles. The second-order valence-corrected chi connectivity index (χ2v) is 4.11. The van der Waals surface area contributed by atoms with E-state index in [0.717, 1.165) is 25.3 Å². The van der Waals surface area contributed by atoms with Crippen LogP contribution in [0.15, 0.2) is 24.3 Å². The normalized spacial score (nSPS) is 28.6. The first-order chi connectivity index (χ1) is 7.69. The van der Waals surface area contributed by atoms with E-state index in [1.54, 1.807) is 0 Å². The molecule has 0 bridgehead atoms. The third-order valence-corrected chi connectivity index (χ3v) is 2.66. The van der Waals surface area contributed by atoms with E-state index in [0.29, 0.717) is 0 Å². The molecule has 1 aliphatic carbocycles. The summed E-state index contributed by atoms with van der Waals surface area (Å²) in [5.41, 5.74) is 0. The first-order valence-electron chi connectivity index (χ1n) is 6.02. The number of hydrogen-bond acceptors (Lipinski definition) is 1. The van der Waals surface area contributed by atoms with Gasteiger partial charge in [0.05, 0.1) is 6.61 Å². The minimum Gasteiger partial charge on any atom is -0.340 e.